The van der Waals surface area contributed by atoms with Crippen molar-refractivity contribution in [2.24, 2.45) is 0 Å². The molecule has 110 valence electrons. The van der Waals surface area contributed by atoms with E-state index in [1.54, 1.807) is 6.07 Å². The minimum absolute atomic E-state index is 0.101. The molecule has 0 aliphatic carbocycles. The molecule has 2 aromatic rings. The van der Waals surface area contributed by atoms with Gasteiger partial charge in [0.1, 0.15) is 17.9 Å². The molecule has 1 amide bonds. The topological polar surface area (TPSA) is 71.2 Å². The predicted octanol–water partition coefficient (Wildman–Crippen LogP) is 1.80. The van der Waals surface area contributed by atoms with E-state index >= 15 is 0 Å². The Morgan fingerprint density at radius 3 is 2.81 bits per heavy atom. The highest BCUT2D eigenvalue weighted by Gasteiger charge is 2.08. The smallest absolute Gasteiger partial charge is 0.260 e. The van der Waals surface area contributed by atoms with Crippen molar-refractivity contribution in [2.45, 2.75) is 13.8 Å². The second-order valence-corrected chi connectivity index (χ2v) is 4.79. The van der Waals surface area contributed by atoms with Crippen LogP contribution < -0.4 is 15.6 Å². The average molecular weight is 286 g/mol. The Balaban J connectivity index is 1.84. The lowest BCUT2D eigenvalue weighted by Crippen LogP contribution is -2.32. The number of rotatable bonds is 5. The fourth-order valence-electron chi connectivity index (χ4n) is 1.98. The van der Waals surface area contributed by atoms with Gasteiger partial charge in [-0.15, -0.1) is 0 Å². The third-order valence-electron chi connectivity index (χ3n) is 3.04. The molecule has 0 aliphatic heterocycles. The molecule has 0 radical (unpaired) electrons. The standard InChI is InChI=1S/C16H18N2O3/c1-11-5-6-14(12(2)10-11)21-9-8-18-16(20)13-4-3-7-17-15(13)19/h3-7,10H,8-9H2,1-2H3,(H,17,19)(H,18,20). The summed E-state index contributed by atoms with van der Waals surface area (Å²) in [5, 5.41) is 2.66. The number of ether oxygens (including phenoxy) is 1. The van der Waals surface area contributed by atoms with Crippen LogP contribution in [0.2, 0.25) is 0 Å². The lowest BCUT2D eigenvalue weighted by Gasteiger charge is -2.10. The van der Waals surface area contributed by atoms with E-state index in [4.69, 9.17) is 4.74 Å². The quantitative estimate of drug-likeness (QED) is 0.823. The Hall–Kier alpha value is -2.56. The zero-order valence-corrected chi connectivity index (χ0v) is 12.1. The number of carbonyl (C=O) groups is 1. The third-order valence-corrected chi connectivity index (χ3v) is 3.04. The number of aromatic amines is 1. The number of benzene rings is 1. The summed E-state index contributed by atoms with van der Waals surface area (Å²) in [6, 6.07) is 9.03. The normalized spacial score (nSPS) is 10.2. The summed E-state index contributed by atoms with van der Waals surface area (Å²) in [6.07, 6.45) is 1.49. The number of H-pyrrole nitrogens is 1. The van der Waals surface area contributed by atoms with Crippen LogP contribution in [0.5, 0.6) is 5.75 Å². The molecule has 0 saturated carbocycles. The Morgan fingerprint density at radius 2 is 2.10 bits per heavy atom. The first kappa shape index (κ1) is 14.8. The molecule has 0 spiro atoms. The van der Waals surface area contributed by atoms with Gasteiger partial charge in [0.05, 0.1) is 6.54 Å². The molecule has 2 N–H and O–H groups in total. The summed E-state index contributed by atoms with van der Waals surface area (Å²) in [5.41, 5.74) is 1.94. The maximum atomic E-state index is 11.8. The van der Waals surface area contributed by atoms with Gasteiger partial charge in [0.15, 0.2) is 0 Å². The van der Waals surface area contributed by atoms with Crippen molar-refractivity contribution < 1.29 is 9.53 Å². The van der Waals surface area contributed by atoms with Crippen molar-refractivity contribution in [1.82, 2.24) is 10.3 Å². The highest BCUT2D eigenvalue weighted by molar-refractivity contribution is 5.93. The number of nitrogens with one attached hydrogen (secondary N) is 2. The van der Waals surface area contributed by atoms with Gasteiger partial charge in [-0.25, -0.2) is 0 Å². The minimum atomic E-state index is -0.402. The summed E-state index contributed by atoms with van der Waals surface area (Å²) in [4.78, 5) is 25.7. The molecule has 0 fully saturated rings. The van der Waals surface area contributed by atoms with Crippen LogP contribution in [0, 0.1) is 13.8 Å². The molecular weight excluding hydrogens is 268 g/mol. The van der Waals surface area contributed by atoms with Gasteiger partial charge in [-0.05, 0) is 37.6 Å². The Kier molecular flexibility index (Phi) is 4.77. The third kappa shape index (κ3) is 3.95. The van der Waals surface area contributed by atoms with E-state index in [9.17, 15) is 9.59 Å². The Morgan fingerprint density at radius 1 is 1.29 bits per heavy atom. The molecular formula is C16H18N2O3. The lowest BCUT2D eigenvalue weighted by molar-refractivity contribution is 0.0945. The second-order valence-electron chi connectivity index (χ2n) is 4.79. The minimum Gasteiger partial charge on any atom is -0.491 e. The monoisotopic (exact) mass is 286 g/mol. The maximum Gasteiger partial charge on any atom is 0.260 e. The van der Waals surface area contributed by atoms with Crippen molar-refractivity contribution in [3.05, 3.63) is 63.6 Å². The number of hydrogen-bond acceptors (Lipinski definition) is 3. The van der Waals surface area contributed by atoms with Crippen LogP contribution in [0.3, 0.4) is 0 Å². The Bertz CT molecular complexity index is 692. The zero-order valence-electron chi connectivity index (χ0n) is 12.1. The van der Waals surface area contributed by atoms with Gasteiger partial charge in [0, 0.05) is 6.20 Å². The molecule has 1 heterocycles. The van der Waals surface area contributed by atoms with Crippen molar-refractivity contribution >= 4 is 5.91 Å². The molecule has 5 heteroatoms. The van der Waals surface area contributed by atoms with E-state index in [2.05, 4.69) is 10.3 Å². The average Bonchev–Trinajstić information content (AvgIpc) is 2.45. The summed E-state index contributed by atoms with van der Waals surface area (Å²) in [7, 11) is 0. The van der Waals surface area contributed by atoms with Crippen LogP contribution in [0.4, 0.5) is 0 Å². The number of pyridine rings is 1. The number of aromatic nitrogens is 1. The highest BCUT2D eigenvalue weighted by atomic mass is 16.5. The maximum absolute atomic E-state index is 11.8. The van der Waals surface area contributed by atoms with Gasteiger partial charge in [-0.3, -0.25) is 9.59 Å². The van der Waals surface area contributed by atoms with E-state index < -0.39 is 11.5 Å². The number of aryl methyl sites for hydroxylation is 2. The molecule has 0 bridgehead atoms. The second kappa shape index (κ2) is 6.74. The molecule has 2 rings (SSSR count). The Labute approximate surface area is 123 Å². The number of amides is 1. The first-order chi connectivity index (χ1) is 10.1. The van der Waals surface area contributed by atoms with Crippen molar-refractivity contribution in [2.75, 3.05) is 13.2 Å². The van der Waals surface area contributed by atoms with E-state index in [1.807, 2.05) is 32.0 Å². The van der Waals surface area contributed by atoms with Gasteiger partial charge in [0.2, 0.25) is 0 Å². The van der Waals surface area contributed by atoms with Crippen LogP contribution in [0.25, 0.3) is 0 Å². The first-order valence-electron chi connectivity index (χ1n) is 6.74. The number of hydrogen-bond donors (Lipinski definition) is 2. The summed E-state index contributed by atoms with van der Waals surface area (Å²) in [6.45, 7) is 4.68. The highest BCUT2D eigenvalue weighted by Crippen LogP contribution is 2.18. The fourth-order valence-corrected chi connectivity index (χ4v) is 1.98. The molecule has 0 atom stereocenters. The fraction of sp³-hybridized carbons (Fsp3) is 0.250. The molecule has 0 unspecified atom stereocenters. The summed E-state index contributed by atoms with van der Waals surface area (Å²) in [5.74, 6) is 0.397. The predicted molar refractivity (Wildman–Crippen MR) is 80.8 cm³/mol. The van der Waals surface area contributed by atoms with Gasteiger partial charge in [-0.1, -0.05) is 17.7 Å². The van der Waals surface area contributed by atoms with Crippen molar-refractivity contribution in [3.63, 3.8) is 0 Å². The van der Waals surface area contributed by atoms with Crippen LogP contribution in [0.15, 0.2) is 41.3 Å². The van der Waals surface area contributed by atoms with Crippen LogP contribution in [-0.2, 0) is 0 Å². The van der Waals surface area contributed by atoms with Gasteiger partial charge < -0.3 is 15.0 Å². The molecule has 5 nitrogen and oxygen atoms in total. The summed E-state index contributed by atoms with van der Waals surface area (Å²) >= 11 is 0. The molecule has 21 heavy (non-hydrogen) atoms. The van der Waals surface area contributed by atoms with E-state index in [1.165, 1.54) is 17.8 Å². The van der Waals surface area contributed by atoms with E-state index in [-0.39, 0.29) is 5.56 Å². The lowest BCUT2D eigenvalue weighted by atomic mass is 10.1. The molecule has 0 saturated heterocycles. The zero-order chi connectivity index (χ0) is 15.2. The van der Waals surface area contributed by atoms with Crippen LogP contribution in [0.1, 0.15) is 21.5 Å². The van der Waals surface area contributed by atoms with Crippen molar-refractivity contribution in [1.29, 1.82) is 0 Å². The molecule has 1 aromatic heterocycles. The van der Waals surface area contributed by atoms with E-state index in [0.29, 0.717) is 13.2 Å². The molecule has 1 aromatic carbocycles. The van der Waals surface area contributed by atoms with E-state index in [0.717, 1.165) is 11.3 Å². The van der Waals surface area contributed by atoms with Gasteiger partial charge in [0.25, 0.3) is 11.5 Å². The number of carbonyl (C=O) groups excluding carboxylic acids is 1. The largest absolute Gasteiger partial charge is 0.491 e. The summed E-state index contributed by atoms with van der Waals surface area (Å²) < 4.78 is 5.61. The van der Waals surface area contributed by atoms with Crippen molar-refractivity contribution in [3.8, 4) is 5.75 Å². The van der Waals surface area contributed by atoms with Gasteiger partial charge in [-0.2, -0.15) is 0 Å². The molecule has 0 aliphatic rings. The SMILES string of the molecule is Cc1ccc(OCCNC(=O)c2ccc[nH]c2=O)c(C)c1. The van der Waals surface area contributed by atoms with Crippen LogP contribution >= 0.6 is 0 Å². The van der Waals surface area contributed by atoms with Crippen LogP contribution in [-0.4, -0.2) is 24.0 Å². The van der Waals surface area contributed by atoms with Gasteiger partial charge >= 0.3 is 0 Å². The first-order valence-corrected chi connectivity index (χ1v) is 6.74.